The van der Waals surface area contributed by atoms with Crippen molar-refractivity contribution in [3.05, 3.63) is 29.6 Å². The fraction of sp³-hybridized carbons (Fsp3) is 0.200. The maximum atomic E-state index is 12.8. The summed E-state index contributed by atoms with van der Waals surface area (Å²) in [6.45, 7) is 0.162. The summed E-state index contributed by atoms with van der Waals surface area (Å²) in [5.41, 5.74) is 4.94. The number of aromatic carboxylic acids is 1. The Morgan fingerprint density at radius 2 is 2.12 bits per heavy atom. The molecule has 1 amide bonds. The Hall–Kier alpha value is -1.95. The number of carbonyl (C=O) groups is 2. The Bertz CT molecular complexity index is 421. The number of carbonyl (C=O) groups excluding carboxylic acids is 1. The van der Waals surface area contributed by atoms with Crippen molar-refractivity contribution >= 4 is 17.6 Å². The second kappa shape index (κ2) is 5.22. The number of anilines is 1. The van der Waals surface area contributed by atoms with E-state index >= 15 is 0 Å². The number of amides is 1. The van der Waals surface area contributed by atoms with Gasteiger partial charge in [-0.25, -0.2) is 9.18 Å². The van der Waals surface area contributed by atoms with Crippen LogP contribution in [0, 0.1) is 5.82 Å². The van der Waals surface area contributed by atoms with E-state index in [0.29, 0.717) is 0 Å². The summed E-state index contributed by atoms with van der Waals surface area (Å²) in [6.07, 6.45) is 0.0798. The van der Waals surface area contributed by atoms with Gasteiger partial charge >= 0.3 is 5.97 Å². The highest BCUT2D eigenvalue weighted by Gasteiger charge is 2.13. The zero-order valence-electron chi connectivity index (χ0n) is 8.37. The van der Waals surface area contributed by atoms with Crippen LogP contribution in [0.15, 0.2) is 18.2 Å². The van der Waals surface area contributed by atoms with Crippen LogP contribution in [0.2, 0.25) is 0 Å². The molecule has 16 heavy (non-hydrogen) atoms. The van der Waals surface area contributed by atoms with Crippen LogP contribution < -0.4 is 11.1 Å². The zero-order valence-corrected chi connectivity index (χ0v) is 8.37. The Balaban J connectivity index is 2.95. The summed E-state index contributed by atoms with van der Waals surface area (Å²) in [5.74, 6) is -2.38. The molecule has 0 aliphatic rings. The summed E-state index contributed by atoms with van der Waals surface area (Å²) in [5, 5.41) is 11.1. The number of carboxylic acids is 1. The van der Waals surface area contributed by atoms with Gasteiger partial charge in [0.25, 0.3) is 0 Å². The minimum atomic E-state index is -1.30. The van der Waals surface area contributed by atoms with Gasteiger partial charge in [0.1, 0.15) is 5.82 Å². The summed E-state index contributed by atoms with van der Waals surface area (Å²) >= 11 is 0. The molecule has 0 fully saturated rings. The molecule has 0 spiro atoms. The number of nitrogens with two attached hydrogens (primary N) is 1. The first-order valence-electron chi connectivity index (χ1n) is 4.57. The van der Waals surface area contributed by atoms with Crippen LogP contribution in [0.4, 0.5) is 10.1 Å². The van der Waals surface area contributed by atoms with Crippen LogP contribution >= 0.6 is 0 Å². The van der Waals surface area contributed by atoms with E-state index in [9.17, 15) is 14.0 Å². The molecule has 0 unspecified atom stereocenters. The normalized spacial score (nSPS) is 9.88. The first kappa shape index (κ1) is 12.1. The van der Waals surface area contributed by atoms with E-state index in [4.69, 9.17) is 10.8 Å². The molecule has 1 rings (SSSR count). The van der Waals surface area contributed by atoms with Gasteiger partial charge in [0.15, 0.2) is 0 Å². The molecule has 0 heterocycles. The molecule has 1 aromatic rings. The zero-order chi connectivity index (χ0) is 12.1. The number of nitrogens with one attached hydrogen (secondary N) is 1. The van der Waals surface area contributed by atoms with E-state index < -0.39 is 17.7 Å². The molecule has 0 saturated heterocycles. The van der Waals surface area contributed by atoms with Crippen molar-refractivity contribution in [2.45, 2.75) is 6.42 Å². The van der Waals surface area contributed by atoms with Crippen molar-refractivity contribution in [1.82, 2.24) is 0 Å². The first-order valence-corrected chi connectivity index (χ1v) is 4.57. The van der Waals surface area contributed by atoms with Gasteiger partial charge in [0.2, 0.25) is 5.91 Å². The predicted molar refractivity (Wildman–Crippen MR) is 55.7 cm³/mol. The number of rotatable bonds is 4. The standard InChI is InChI=1S/C10H11FN2O3/c11-6-1-2-8(7(5-6)10(15)16)13-9(14)3-4-12/h1-2,5H,3-4,12H2,(H,13,14)(H,15,16). The van der Waals surface area contributed by atoms with Gasteiger partial charge in [-0.05, 0) is 18.2 Å². The molecular formula is C10H11FN2O3. The van der Waals surface area contributed by atoms with Crippen molar-refractivity contribution < 1.29 is 19.1 Å². The molecule has 0 aromatic heterocycles. The fourth-order valence-corrected chi connectivity index (χ4v) is 1.15. The Labute approximate surface area is 91.1 Å². The van der Waals surface area contributed by atoms with Crippen LogP contribution in [0.1, 0.15) is 16.8 Å². The minimum absolute atomic E-state index is 0.0624. The Kier molecular flexibility index (Phi) is 3.96. The molecule has 0 saturated carbocycles. The first-order chi connectivity index (χ1) is 7.54. The lowest BCUT2D eigenvalue weighted by atomic mass is 10.1. The number of halogens is 1. The van der Waals surface area contributed by atoms with Crippen LogP contribution in [-0.2, 0) is 4.79 Å². The molecule has 0 radical (unpaired) electrons. The van der Waals surface area contributed by atoms with Crippen LogP contribution in [0.25, 0.3) is 0 Å². The fourth-order valence-electron chi connectivity index (χ4n) is 1.15. The number of carboxylic acid groups (broad SMARTS) is 1. The summed E-state index contributed by atoms with van der Waals surface area (Å²) in [4.78, 5) is 22.0. The Morgan fingerprint density at radius 3 is 2.69 bits per heavy atom. The molecule has 0 atom stereocenters. The molecular weight excluding hydrogens is 215 g/mol. The van der Waals surface area contributed by atoms with Gasteiger partial charge in [-0.15, -0.1) is 0 Å². The second-order valence-corrected chi connectivity index (χ2v) is 3.08. The van der Waals surface area contributed by atoms with Crippen molar-refractivity contribution in [1.29, 1.82) is 0 Å². The lowest BCUT2D eigenvalue weighted by Crippen LogP contribution is -2.18. The van der Waals surface area contributed by atoms with Gasteiger partial charge in [-0.1, -0.05) is 0 Å². The molecule has 0 aliphatic heterocycles. The molecule has 0 bridgehead atoms. The molecule has 0 aliphatic carbocycles. The quantitative estimate of drug-likeness (QED) is 0.708. The largest absolute Gasteiger partial charge is 0.478 e. The molecule has 1 aromatic carbocycles. The van der Waals surface area contributed by atoms with E-state index in [1.807, 2.05) is 0 Å². The molecule has 6 heteroatoms. The van der Waals surface area contributed by atoms with Gasteiger partial charge in [-0.3, -0.25) is 4.79 Å². The van der Waals surface area contributed by atoms with E-state index in [1.165, 1.54) is 6.07 Å². The second-order valence-electron chi connectivity index (χ2n) is 3.08. The average Bonchev–Trinajstić information content (AvgIpc) is 2.20. The maximum absolute atomic E-state index is 12.8. The molecule has 5 nitrogen and oxygen atoms in total. The SMILES string of the molecule is NCCC(=O)Nc1ccc(F)cc1C(=O)O. The van der Waals surface area contributed by atoms with Gasteiger partial charge in [-0.2, -0.15) is 0 Å². The smallest absolute Gasteiger partial charge is 0.337 e. The van der Waals surface area contributed by atoms with E-state index in [-0.39, 0.29) is 24.2 Å². The lowest BCUT2D eigenvalue weighted by Gasteiger charge is -2.07. The predicted octanol–water partition coefficient (Wildman–Crippen LogP) is 0.811. The van der Waals surface area contributed by atoms with Crippen molar-refractivity contribution in [2.75, 3.05) is 11.9 Å². The van der Waals surface area contributed by atoms with Crippen molar-refractivity contribution in [3.63, 3.8) is 0 Å². The van der Waals surface area contributed by atoms with E-state index in [2.05, 4.69) is 5.32 Å². The van der Waals surface area contributed by atoms with Crippen LogP contribution in [-0.4, -0.2) is 23.5 Å². The maximum Gasteiger partial charge on any atom is 0.337 e. The highest BCUT2D eigenvalue weighted by molar-refractivity contribution is 6.00. The third-order valence-corrected chi connectivity index (χ3v) is 1.86. The Morgan fingerprint density at radius 1 is 1.44 bits per heavy atom. The molecule has 86 valence electrons. The third kappa shape index (κ3) is 3.03. The average molecular weight is 226 g/mol. The highest BCUT2D eigenvalue weighted by atomic mass is 19.1. The third-order valence-electron chi connectivity index (χ3n) is 1.86. The lowest BCUT2D eigenvalue weighted by molar-refractivity contribution is -0.116. The van der Waals surface area contributed by atoms with Gasteiger partial charge < -0.3 is 16.2 Å². The minimum Gasteiger partial charge on any atom is -0.478 e. The van der Waals surface area contributed by atoms with Crippen LogP contribution in [0.5, 0.6) is 0 Å². The summed E-state index contributed by atoms with van der Waals surface area (Å²) in [6, 6.07) is 3.12. The van der Waals surface area contributed by atoms with E-state index in [0.717, 1.165) is 12.1 Å². The molecule has 4 N–H and O–H groups in total. The topological polar surface area (TPSA) is 92.4 Å². The summed E-state index contributed by atoms with van der Waals surface area (Å²) in [7, 11) is 0. The van der Waals surface area contributed by atoms with E-state index in [1.54, 1.807) is 0 Å². The number of hydrogen-bond donors (Lipinski definition) is 3. The van der Waals surface area contributed by atoms with Crippen molar-refractivity contribution in [3.8, 4) is 0 Å². The number of hydrogen-bond acceptors (Lipinski definition) is 3. The van der Waals surface area contributed by atoms with Crippen LogP contribution in [0.3, 0.4) is 0 Å². The summed E-state index contributed by atoms with van der Waals surface area (Å²) < 4.78 is 12.8. The monoisotopic (exact) mass is 226 g/mol. The van der Waals surface area contributed by atoms with Crippen molar-refractivity contribution in [2.24, 2.45) is 5.73 Å². The number of benzene rings is 1. The van der Waals surface area contributed by atoms with Gasteiger partial charge in [0, 0.05) is 13.0 Å². The van der Waals surface area contributed by atoms with Gasteiger partial charge in [0.05, 0.1) is 11.3 Å². The highest BCUT2D eigenvalue weighted by Crippen LogP contribution is 2.17.